The molecule has 6 heteroatoms. The van der Waals surface area contributed by atoms with Gasteiger partial charge in [-0.3, -0.25) is 0 Å². The zero-order valence-corrected chi connectivity index (χ0v) is 11.4. The molecular formula is C11H16BrN3O2. The highest BCUT2D eigenvalue weighted by molar-refractivity contribution is 9.10. The third kappa shape index (κ3) is 4.24. The van der Waals surface area contributed by atoms with Crippen LogP contribution in [0.25, 0.3) is 5.70 Å². The lowest BCUT2D eigenvalue weighted by Crippen LogP contribution is -2.27. The molecule has 0 aromatic carbocycles. The van der Waals surface area contributed by atoms with Crippen molar-refractivity contribution in [3.8, 4) is 5.75 Å². The van der Waals surface area contributed by atoms with E-state index in [2.05, 4.69) is 20.9 Å². The van der Waals surface area contributed by atoms with Crippen LogP contribution >= 0.6 is 15.9 Å². The van der Waals surface area contributed by atoms with Crippen LogP contribution in [-0.4, -0.2) is 22.3 Å². The van der Waals surface area contributed by atoms with Gasteiger partial charge in [-0.25, -0.2) is 4.98 Å². The molecule has 0 atom stereocenters. The fraction of sp³-hybridized carbons (Fsp3) is 0.364. The summed E-state index contributed by atoms with van der Waals surface area (Å²) in [7, 11) is 0. The van der Waals surface area contributed by atoms with Crippen molar-refractivity contribution < 1.29 is 9.84 Å². The van der Waals surface area contributed by atoms with Crippen LogP contribution in [0.3, 0.4) is 0 Å². The number of pyridine rings is 1. The van der Waals surface area contributed by atoms with Gasteiger partial charge in [0.05, 0.1) is 17.5 Å². The molecule has 0 aliphatic heterocycles. The Morgan fingerprint density at radius 2 is 2.29 bits per heavy atom. The molecular weight excluding hydrogens is 286 g/mol. The topological polar surface area (TPSA) is 94.4 Å². The second kappa shape index (κ2) is 5.37. The van der Waals surface area contributed by atoms with E-state index in [9.17, 15) is 5.11 Å². The Morgan fingerprint density at radius 3 is 2.76 bits per heavy atom. The van der Waals surface area contributed by atoms with Crippen molar-refractivity contribution in [3.63, 3.8) is 0 Å². The van der Waals surface area contributed by atoms with Gasteiger partial charge in [0.15, 0.2) is 0 Å². The first-order valence-electron chi connectivity index (χ1n) is 5.02. The van der Waals surface area contributed by atoms with Gasteiger partial charge in [-0.2, -0.15) is 0 Å². The maximum absolute atomic E-state index is 9.53. The molecule has 0 fully saturated rings. The second-order valence-corrected chi connectivity index (χ2v) is 5.08. The molecule has 0 aliphatic carbocycles. The smallest absolute Gasteiger partial charge is 0.138 e. The molecule has 1 heterocycles. The van der Waals surface area contributed by atoms with Crippen molar-refractivity contribution in [1.82, 2.24) is 4.98 Å². The third-order valence-electron chi connectivity index (χ3n) is 1.86. The quantitative estimate of drug-likeness (QED) is 0.777. The number of hydrogen-bond acceptors (Lipinski definition) is 5. The first-order chi connectivity index (χ1) is 7.83. The fourth-order valence-electron chi connectivity index (χ4n) is 1.05. The summed E-state index contributed by atoms with van der Waals surface area (Å²) in [5.41, 5.74) is 11.0. The molecule has 17 heavy (non-hydrogen) atoms. The van der Waals surface area contributed by atoms with Crippen molar-refractivity contribution in [2.24, 2.45) is 11.5 Å². The lowest BCUT2D eigenvalue weighted by molar-refractivity contribution is 0.0283. The lowest BCUT2D eigenvalue weighted by atomic mass is 10.2. The molecule has 0 saturated heterocycles. The molecule has 1 aromatic heterocycles. The summed E-state index contributed by atoms with van der Waals surface area (Å²) in [5, 5.41) is 9.53. The fourth-order valence-corrected chi connectivity index (χ4v) is 1.61. The highest BCUT2D eigenvalue weighted by Gasteiger charge is 2.14. The molecule has 1 aromatic rings. The first-order valence-corrected chi connectivity index (χ1v) is 5.81. The Bertz CT molecular complexity index is 427. The van der Waals surface area contributed by atoms with Crippen molar-refractivity contribution in [2.45, 2.75) is 19.4 Å². The number of ether oxygens (including phenoxy) is 1. The van der Waals surface area contributed by atoms with Gasteiger partial charge in [-0.05, 0) is 35.8 Å². The van der Waals surface area contributed by atoms with Crippen molar-refractivity contribution >= 4 is 21.6 Å². The first kappa shape index (κ1) is 13.8. The van der Waals surface area contributed by atoms with Gasteiger partial charge in [0.1, 0.15) is 18.1 Å². The number of nitrogens with two attached hydrogens (primary N) is 2. The van der Waals surface area contributed by atoms with Crippen LogP contribution in [0, 0.1) is 0 Å². The molecule has 0 unspecified atom stereocenters. The lowest BCUT2D eigenvalue weighted by Gasteiger charge is -2.18. The van der Waals surface area contributed by atoms with Crippen LogP contribution in [-0.2, 0) is 0 Å². The van der Waals surface area contributed by atoms with E-state index in [0.29, 0.717) is 21.6 Å². The average Bonchev–Trinajstić information content (AvgIpc) is 2.24. The molecule has 0 saturated carbocycles. The maximum Gasteiger partial charge on any atom is 0.138 e. The molecule has 0 radical (unpaired) electrons. The van der Waals surface area contributed by atoms with E-state index in [1.54, 1.807) is 19.9 Å². The van der Waals surface area contributed by atoms with E-state index in [0.717, 1.165) is 0 Å². The zero-order valence-electron chi connectivity index (χ0n) is 9.77. The summed E-state index contributed by atoms with van der Waals surface area (Å²) in [6.45, 7) is 3.51. The summed E-state index contributed by atoms with van der Waals surface area (Å²) >= 11 is 3.33. The van der Waals surface area contributed by atoms with E-state index in [1.807, 2.05) is 0 Å². The summed E-state index contributed by atoms with van der Waals surface area (Å²) in [6.07, 6.45) is 2.81. The summed E-state index contributed by atoms with van der Waals surface area (Å²) in [4.78, 5) is 4.12. The van der Waals surface area contributed by atoms with E-state index in [-0.39, 0.29) is 6.61 Å². The molecule has 5 N–H and O–H groups in total. The SMILES string of the molecule is CC(C)(O)COc1cnc(C(N)=CN)c(Br)c1. The standard InChI is InChI=1S/C11H16BrN3O2/c1-11(2,16)6-17-7-3-8(12)10(15-5-7)9(14)4-13/h3-5,16H,6,13-14H2,1-2H3. The Labute approximate surface area is 109 Å². The van der Waals surface area contributed by atoms with E-state index in [4.69, 9.17) is 16.2 Å². The number of aromatic nitrogens is 1. The highest BCUT2D eigenvalue weighted by atomic mass is 79.9. The van der Waals surface area contributed by atoms with Crippen LogP contribution in [0.5, 0.6) is 5.75 Å². The van der Waals surface area contributed by atoms with Crippen molar-refractivity contribution in [3.05, 3.63) is 28.6 Å². The van der Waals surface area contributed by atoms with Gasteiger partial charge < -0.3 is 21.3 Å². The molecule has 0 spiro atoms. The monoisotopic (exact) mass is 301 g/mol. The number of rotatable bonds is 4. The van der Waals surface area contributed by atoms with Gasteiger partial charge >= 0.3 is 0 Å². The minimum atomic E-state index is -0.888. The van der Waals surface area contributed by atoms with E-state index >= 15 is 0 Å². The van der Waals surface area contributed by atoms with Crippen LogP contribution in [0.4, 0.5) is 0 Å². The van der Waals surface area contributed by atoms with Crippen LogP contribution in [0.2, 0.25) is 0 Å². The Balaban J connectivity index is 2.83. The maximum atomic E-state index is 9.53. The van der Waals surface area contributed by atoms with Gasteiger partial charge in [-0.1, -0.05) is 0 Å². The second-order valence-electron chi connectivity index (χ2n) is 4.22. The zero-order chi connectivity index (χ0) is 13.1. The molecule has 0 amide bonds. The molecule has 1 rings (SSSR count). The number of hydrogen-bond donors (Lipinski definition) is 3. The third-order valence-corrected chi connectivity index (χ3v) is 2.47. The normalized spacial score (nSPS) is 12.6. The van der Waals surface area contributed by atoms with Gasteiger partial charge in [0, 0.05) is 10.7 Å². The number of halogens is 1. The van der Waals surface area contributed by atoms with Gasteiger partial charge in [0.25, 0.3) is 0 Å². The van der Waals surface area contributed by atoms with Crippen LogP contribution in [0.1, 0.15) is 19.5 Å². The van der Waals surface area contributed by atoms with Crippen molar-refractivity contribution in [1.29, 1.82) is 0 Å². The molecule has 94 valence electrons. The Morgan fingerprint density at radius 1 is 1.65 bits per heavy atom. The highest BCUT2D eigenvalue weighted by Crippen LogP contribution is 2.24. The summed E-state index contributed by atoms with van der Waals surface area (Å²) in [5.74, 6) is 0.549. The Hall–Kier alpha value is -1.27. The van der Waals surface area contributed by atoms with Gasteiger partial charge in [-0.15, -0.1) is 0 Å². The molecule has 0 bridgehead atoms. The summed E-state index contributed by atoms with van der Waals surface area (Å²) < 4.78 is 6.07. The van der Waals surface area contributed by atoms with E-state index in [1.165, 1.54) is 12.4 Å². The number of nitrogens with zero attached hydrogens (tertiary/aromatic N) is 1. The van der Waals surface area contributed by atoms with Crippen LogP contribution in [0.15, 0.2) is 22.9 Å². The van der Waals surface area contributed by atoms with Crippen LogP contribution < -0.4 is 16.2 Å². The van der Waals surface area contributed by atoms with E-state index < -0.39 is 5.60 Å². The predicted octanol–water partition coefficient (Wildman–Crippen LogP) is 1.21. The largest absolute Gasteiger partial charge is 0.489 e. The summed E-state index contributed by atoms with van der Waals surface area (Å²) in [6, 6.07) is 1.73. The average molecular weight is 302 g/mol. The number of aliphatic hydroxyl groups is 1. The minimum Gasteiger partial charge on any atom is -0.489 e. The van der Waals surface area contributed by atoms with Crippen molar-refractivity contribution in [2.75, 3.05) is 6.61 Å². The minimum absolute atomic E-state index is 0.183. The predicted molar refractivity (Wildman–Crippen MR) is 70.1 cm³/mol. The Kier molecular flexibility index (Phi) is 4.36. The van der Waals surface area contributed by atoms with Gasteiger partial charge in [0.2, 0.25) is 0 Å². The molecule has 5 nitrogen and oxygen atoms in total. The molecule has 0 aliphatic rings.